The number of unbranched alkanes of at least 4 members (excludes halogenated alkanes) is 7. The highest BCUT2D eigenvalue weighted by atomic mass is 16.5. The zero-order chi connectivity index (χ0) is 20.7. The molecule has 0 aliphatic rings. The molecule has 0 aliphatic heterocycles. The SMILES string of the molecule is O=C(O)C(O)C(O)C(O)C(CO)OCC(O)CCCCCCCCCCO. The largest absolute Gasteiger partial charge is 0.479 e. The van der Waals surface area contributed by atoms with Crippen molar-refractivity contribution in [2.75, 3.05) is 19.8 Å². The van der Waals surface area contributed by atoms with Gasteiger partial charge in [-0.25, -0.2) is 4.79 Å². The van der Waals surface area contributed by atoms with Crippen molar-refractivity contribution in [2.45, 2.75) is 88.3 Å². The number of aliphatic hydroxyl groups is 6. The van der Waals surface area contributed by atoms with Crippen LogP contribution in [0.15, 0.2) is 0 Å². The molecule has 5 atom stereocenters. The van der Waals surface area contributed by atoms with E-state index >= 15 is 0 Å². The van der Waals surface area contributed by atoms with Crippen molar-refractivity contribution in [1.29, 1.82) is 0 Å². The van der Waals surface area contributed by atoms with Crippen molar-refractivity contribution in [3.8, 4) is 0 Å². The van der Waals surface area contributed by atoms with Crippen LogP contribution < -0.4 is 0 Å². The Kier molecular flexibility index (Phi) is 15.7. The molecule has 0 heterocycles. The fourth-order valence-electron chi connectivity index (χ4n) is 2.68. The molecule has 0 aliphatic carbocycles. The van der Waals surface area contributed by atoms with E-state index in [1.54, 1.807) is 0 Å². The maximum Gasteiger partial charge on any atom is 0.335 e. The Bertz CT molecular complexity index is 367. The van der Waals surface area contributed by atoms with Crippen LogP contribution in [-0.2, 0) is 9.53 Å². The molecule has 0 aromatic rings. The highest BCUT2D eigenvalue weighted by molar-refractivity contribution is 5.72. The van der Waals surface area contributed by atoms with Gasteiger partial charge in [-0.05, 0) is 12.8 Å². The van der Waals surface area contributed by atoms with Crippen LogP contribution in [-0.4, -0.2) is 92.1 Å². The van der Waals surface area contributed by atoms with E-state index in [1.165, 1.54) is 0 Å². The summed E-state index contributed by atoms with van der Waals surface area (Å²) in [4.78, 5) is 10.6. The average molecular weight is 396 g/mol. The number of hydrogen-bond acceptors (Lipinski definition) is 8. The van der Waals surface area contributed by atoms with Gasteiger partial charge in [-0.1, -0.05) is 44.9 Å². The summed E-state index contributed by atoms with van der Waals surface area (Å²) in [6, 6.07) is 0. The molecule has 0 aromatic heterocycles. The summed E-state index contributed by atoms with van der Waals surface area (Å²) in [5.41, 5.74) is 0. The normalized spacial score (nSPS) is 17.3. The van der Waals surface area contributed by atoms with Gasteiger partial charge >= 0.3 is 5.97 Å². The lowest BCUT2D eigenvalue weighted by Gasteiger charge is -2.27. The van der Waals surface area contributed by atoms with Gasteiger partial charge < -0.3 is 40.5 Å². The van der Waals surface area contributed by atoms with Crippen LogP contribution in [0.3, 0.4) is 0 Å². The number of aliphatic hydroxyl groups excluding tert-OH is 6. The fourth-order valence-corrected chi connectivity index (χ4v) is 2.68. The smallest absolute Gasteiger partial charge is 0.335 e. The first-order valence-electron chi connectivity index (χ1n) is 9.63. The molecule has 0 amide bonds. The van der Waals surface area contributed by atoms with Gasteiger partial charge in [0.1, 0.15) is 18.3 Å². The first-order valence-corrected chi connectivity index (χ1v) is 9.63. The molecule has 7 N–H and O–H groups in total. The van der Waals surface area contributed by atoms with E-state index in [2.05, 4.69) is 0 Å². The second-order valence-corrected chi connectivity index (χ2v) is 6.81. The third-order valence-electron chi connectivity index (χ3n) is 4.44. The lowest BCUT2D eigenvalue weighted by atomic mass is 10.0. The van der Waals surface area contributed by atoms with Crippen molar-refractivity contribution in [3.63, 3.8) is 0 Å². The Morgan fingerprint density at radius 2 is 1.30 bits per heavy atom. The van der Waals surface area contributed by atoms with E-state index < -0.39 is 43.1 Å². The van der Waals surface area contributed by atoms with Crippen LogP contribution in [0, 0.1) is 0 Å². The molecule has 0 fully saturated rings. The first kappa shape index (κ1) is 26.2. The molecule has 27 heavy (non-hydrogen) atoms. The predicted molar refractivity (Wildman–Crippen MR) is 97.1 cm³/mol. The van der Waals surface area contributed by atoms with Crippen molar-refractivity contribution >= 4 is 5.97 Å². The molecule has 0 saturated carbocycles. The lowest BCUT2D eigenvalue weighted by Crippen LogP contribution is -2.50. The highest BCUT2D eigenvalue weighted by Crippen LogP contribution is 2.13. The number of carbonyl (C=O) groups is 1. The molecule has 5 unspecified atom stereocenters. The molecule has 0 bridgehead atoms. The minimum atomic E-state index is -2.20. The van der Waals surface area contributed by atoms with E-state index in [0.29, 0.717) is 6.42 Å². The Hall–Kier alpha value is -0.810. The summed E-state index contributed by atoms with van der Waals surface area (Å²) < 4.78 is 5.16. The first-order chi connectivity index (χ1) is 12.8. The van der Waals surface area contributed by atoms with Crippen molar-refractivity contribution in [2.24, 2.45) is 0 Å². The summed E-state index contributed by atoms with van der Waals surface area (Å²) in [5.74, 6) is -1.70. The summed E-state index contributed by atoms with van der Waals surface area (Å²) >= 11 is 0. The van der Waals surface area contributed by atoms with Gasteiger partial charge in [0.25, 0.3) is 0 Å². The van der Waals surface area contributed by atoms with Gasteiger partial charge in [0, 0.05) is 6.61 Å². The molecule has 0 radical (unpaired) electrons. The van der Waals surface area contributed by atoms with E-state index in [1.807, 2.05) is 0 Å². The van der Waals surface area contributed by atoms with E-state index in [9.17, 15) is 30.3 Å². The number of carboxylic acids is 1. The standard InChI is InChI=1S/C18H36O9/c19-10-8-6-4-2-1-3-5-7-9-13(21)12-27-14(11-20)15(22)16(23)17(24)18(25)26/h13-17,19-24H,1-12H2,(H,25,26). The Labute approximate surface area is 160 Å². The van der Waals surface area contributed by atoms with Crippen LogP contribution in [0.2, 0.25) is 0 Å². The summed E-state index contributed by atoms with van der Waals surface area (Å²) in [7, 11) is 0. The molecular formula is C18H36O9. The quantitative estimate of drug-likeness (QED) is 0.150. The molecule has 0 spiro atoms. The van der Waals surface area contributed by atoms with Crippen LogP contribution >= 0.6 is 0 Å². The minimum Gasteiger partial charge on any atom is -0.479 e. The predicted octanol–water partition coefficient (Wildman–Crippen LogP) is -0.605. The third kappa shape index (κ3) is 12.3. The average Bonchev–Trinajstić information content (AvgIpc) is 2.65. The Morgan fingerprint density at radius 1 is 0.778 bits per heavy atom. The molecular weight excluding hydrogens is 360 g/mol. The van der Waals surface area contributed by atoms with Gasteiger partial charge in [0.15, 0.2) is 6.10 Å². The monoisotopic (exact) mass is 396 g/mol. The van der Waals surface area contributed by atoms with Gasteiger partial charge in [-0.2, -0.15) is 0 Å². The van der Waals surface area contributed by atoms with Gasteiger partial charge in [-0.3, -0.25) is 0 Å². The number of aliphatic carboxylic acids is 1. The summed E-state index contributed by atoms with van der Waals surface area (Å²) in [6.45, 7) is -0.639. The molecule has 0 aromatic carbocycles. The molecule has 162 valence electrons. The Balaban J connectivity index is 3.90. The third-order valence-corrected chi connectivity index (χ3v) is 4.44. The number of carboxylic acid groups (broad SMARTS) is 1. The van der Waals surface area contributed by atoms with E-state index in [4.69, 9.17) is 14.9 Å². The molecule has 9 nitrogen and oxygen atoms in total. The number of hydrogen-bond donors (Lipinski definition) is 7. The van der Waals surface area contributed by atoms with Crippen molar-refractivity contribution in [1.82, 2.24) is 0 Å². The van der Waals surface area contributed by atoms with Crippen molar-refractivity contribution < 1.29 is 45.3 Å². The highest BCUT2D eigenvalue weighted by Gasteiger charge is 2.35. The summed E-state index contributed by atoms with van der Waals surface area (Å²) in [6.07, 6.45) is 0.408. The maximum atomic E-state index is 10.6. The van der Waals surface area contributed by atoms with Crippen LogP contribution in [0.4, 0.5) is 0 Å². The van der Waals surface area contributed by atoms with Gasteiger partial charge in [0.05, 0.1) is 19.3 Å². The lowest BCUT2D eigenvalue weighted by molar-refractivity contribution is -0.170. The number of rotatable bonds is 18. The van der Waals surface area contributed by atoms with E-state index in [-0.39, 0.29) is 13.2 Å². The van der Waals surface area contributed by atoms with Crippen LogP contribution in [0.25, 0.3) is 0 Å². The number of ether oxygens (including phenoxy) is 1. The summed E-state index contributed by atoms with van der Waals surface area (Å²) in [5, 5.41) is 65.0. The van der Waals surface area contributed by atoms with Crippen LogP contribution in [0.1, 0.15) is 57.8 Å². The zero-order valence-electron chi connectivity index (χ0n) is 15.8. The molecule has 9 heteroatoms. The Morgan fingerprint density at radius 3 is 1.78 bits per heavy atom. The second kappa shape index (κ2) is 16.2. The fraction of sp³-hybridized carbons (Fsp3) is 0.944. The zero-order valence-corrected chi connectivity index (χ0v) is 15.8. The van der Waals surface area contributed by atoms with Gasteiger partial charge in [0.2, 0.25) is 0 Å². The molecule has 0 saturated heterocycles. The maximum absolute atomic E-state index is 10.6. The molecule has 0 rings (SSSR count). The van der Waals surface area contributed by atoms with E-state index in [0.717, 1.165) is 51.4 Å². The second-order valence-electron chi connectivity index (χ2n) is 6.81. The topological polar surface area (TPSA) is 168 Å². The van der Waals surface area contributed by atoms with Crippen molar-refractivity contribution in [3.05, 3.63) is 0 Å². The van der Waals surface area contributed by atoms with Crippen LogP contribution in [0.5, 0.6) is 0 Å². The minimum absolute atomic E-state index is 0.181. The van der Waals surface area contributed by atoms with Gasteiger partial charge in [-0.15, -0.1) is 0 Å².